The summed E-state index contributed by atoms with van der Waals surface area (Å²) >= 11 is 0. The van der Waals surface area contributed by atoms with Crippen LogP contribution in [0.5, 0.6) is 5.75 Å². The molecular weight excluding hydrogens is 1540 g/mol. The lowest BCUT2D eigenvalue weighted by Crippen LogP contribution is -2.56. The largest absolute Gasteiger partial charge is 0.485 e. The van der Waals surface area contributed by atoms with Crippen LogP contribution >= 0.6 is 0 Å². The van der Waals surface area contributed by atoms with Gasteiger partial charge in [0.2, 0.25) is 23.6 Å². The monoisotopic (exact) mass is 1660 g/mol. The molecule has 2 aromatic heterocycles. The third kappa shape index (κ3) is 34.8. The van der Waals surface area contributed by atoms with Crippen LogP contribution in [0, 0.1) is 5.92 Å². The lowest BCUT2D eigenvalue weighted by Gasteiger charge is -2.39. The zero-order valence-electron chi connectivity index (χ0n) is 67.7. The predicted molar refractivity (Wildman–Crippen MR) is 427 cm³/mol. The summed E-state index contributed by atoms with van der Waals surface area (Å²) in [5.41, 5.74) is 10.8. The van der Waals surface area contributed by atoms with Crippen molar-refractivity contribution in [3.8, 4) is 5.75 Å². The number of aromatic nitrogens is 3. The van der Waals surface area contributed by atoms with Gasteiger partial charge in [0, 0.05) is 95.6 Å². The fourth-order valence-electron chi connectivity index (χ4n) is 12.3. The van der Waals surface area contributed by atoms with Crippen LogP contribution in [0.15, 0.2) is 72.8 Å². The van der Waals surface area contributed by atoms with Gasteiger partial charge in [0.15, 0.2) is 5.82 Å². The Kier molecular flexibility index (Phi) is 45.4. The van der Waals surface area contributed by atoms with E-state index in [-0.39, 0.29) is 101 Å². The summed E-state index contributed by atoms with van der Waals surface area (Å²) in [6, 6.07) is 16.1. The molecule has 1 saturated carbocycles. The van der Waals surface area contributed by atoms with Gasteiger partial charge in [0.25, 0.3) is 11.8 Å². The minimum atomic E-state index is -1.68. The van der Waals surface area contributed by atoms with Gasteiger partial charge in [0.1, 0.15) is 48.1 Å². The number of carbonyl (C=O) groups excluding carboxylic acids is 8. The average Bonchev–Trinajstić information content (AvgIpc) is 1.56. The first-order valence-electron chi connectivity index (χ1n) is 40.0. The molecule has 1 fully saturated rings. The molecule has 1 aliphatic heterocycles. The maximum Gasteiger partial charge on any atom is 0.407 e. The molecule has 7 amide bonds. The number of amides is 7. The van der Waals surface area contributed by atoms with Crippen molar-refractivity contribution in [3.63, 3.8) is 0 Å². The molecule has 3 heterocycles. The van der Waals surface area contributed by atoms with Crippen molar-refractivity contribution < 1.29 is 130 Å². The number of aryl methyl sites for hydroxylation is 1. The Morgan fingerprint density at radius 1 is 0.576 bits per heavy atom. The Balaban J connectivity index is 0.774. The van der Waals surface area contributed by atoms with Gasteiger partial charge in [-0.1, -0.05) is 43.7 Å². The van der Waals surface area contributed by atoms with Crippen LogP contribution in [0.3, 0.4) is 0 Å². The number of aliphatic hydroxyl groups is 4. The molecule has 2 aliphatic rings. The highest BCUT2D eigenvalue weighted by atomic mass is 16.6. The number of esters is 1. The van der Waals surface area contributed by atoms with E-state index in [9.17, 15) is 58.8 Å². The van der Waals surface area contributed by atoms with Crippen molar-refractivity contribution in [3.05, 3.63) is 101 Å². The summed E-state index contributed by atoms with van der Waals surface area (Å²) in [4.78, 5) is 114. The smallest absolute Gasteiger partial charge is 0.407 e. The Bertz CT molecular complexity index is 3870. The van der Waals surface area contributed by atoms with Crippen LogP contribution in [-0.2, 0) is 121 Å². The van der Waals surface area contributed by atoms with Crippen molar-refractivity contribution in [2.75, 3.05) is 203 Å². The first-order valence-corrected chi connectivity index (χ1v) is 40.0. The minimum Gasteiger partial charge on any atom is -0.485 e. The van der Waals surface area contributed by atoms with E-state index in [2.05, 4.69) is 43.1 Å². The Hall–Kier alpha value is -9.00. The van der Waals surface area contributed by atoms with Gasteiger partial charge in [-0.3, -0.25) is 33.7 Å². The molecule has 0 spiro atoms. The molecule has 654 valence electrons. The molecule has 7 rings (SSSR count). The van der Waals surface area contributed by atoms with E-state index in [0.29, 0.717) is 187 Å². The van der Waals surface area contributed by atoms with E-state index in [1.807, 2.05) is 30.3 Å². The number of benzene rings is 3. The summed E-state index contributed by atoms with van der Waals surface area (Å²) in [7, 11) is 2.94. The number of imide groups is 1. The number of methoxy groups -OCH3 is 2. The number of nitrogens with one attached hydrogen (secondary N) is 5. The van der Waals surface area contributed by atoms with Crippen molar-refractivity contribution in [2.24, 2.45) is 5.92 Å². The van der Waals surface area contributed by atoms with Crippen LogP contribution in [0.2, 0.25) is 0 Å². The number of nitrogens with two attached hydrogens (primary N) is 1. The van der Waals surface area contributed by atoms with E-state index in [1.165, 1.54) is 19.2 Å². The quantitative estimate of drug-likeness (QED) is 0.0152. The van der Waals surface area contributed by atoms with Crippen molar-refractivity contribution in [1.29, 1.82) is 0 Å². The molecule has 37 nitrogen and oxygen atoms in total. The molecule has 11 N–H and O–H groups in total. The molecule has 37 heteroatoms. The van der Waals surface area contributed by atoms with Crippen molar-refractivity contribution in [1.82, 2.24) is 40.7 Å². The van der Waals surface area contributed by atoms with Gasteiger partial charge in [-0.2, -0.15) is 0 Å². The van der Waals surface area contributed by atoms with Gasteiger partial charge in [-0.05, 0) is 79.1 Å². The number of anilines is 2. The number of nitrogen functional groups attached to an aromatic ring is 1. The number of hydrogen-bond donors (Lipinski definition) is 10. The van der Waals surface area contributed by atoms with E-state index in [0.717, 1.165) is 57.7 Å². The topological polar surface area (TPSA) is 476 Å². The van der Waals surface area contributed by atoms with Crippen LogP contribution < -0.4 is 37.1 Å². The molecule has 0 radical (unpaired) electrons. The fourth-order valence-corrected chi connectivity index (χ4v) is 12.3. The number of rotatable bonds is 63. The number of aliphatic hydroxyl groups excluding tert-OH is 4. The van der Waals surface area contributed by atoms with Crippen molar-refractivity contribution in [2.45, 2.75) is 121 Å². The summed E-state index contributed by atoms with van der Waals surface area (Å²) in [6.45, 7) is 11.3. The Labute approximate surface area is 686 Å². The fraction of sp³-hybridized carbons (Fsp3) is 0.605. The van der Waals surface area contributed by atoms with Gasteiger partial charge in [-0.25, -0.2) is 19.6 Å². The van der Waals surface area contributed by atoms with Crippen LogP contribution in [0.4, 0.5) is 16.3 Å². The highest BCUT2D eigenvalue weighted by Crippen LogP contribution is 2.35. The van der Waals surface area contributed by atoms with Gasteiger partial charge < -0.3 is 128 Å². The summed E-state index contributed by atoms with van der Waals surface area (Å²) in [5.74, 6) is -3.65. The first kappa shape index (κ1) is 96.1. The molecule has 5 aromatic rings. The number of unbranched alkanes of at least 4 members (excludes halogenated alkanes) is 2. The number of fused-ring (bicyclic) bond motifs is 3. The van der Waals surface area contributed by atoms with Gasteiger partial charge >= 0.3 is 12.1 Å². The molecule has 1 aliphatic carbocycles. The molecule has 3 aromatic carbocycles. The zero-order chi connectivity index (χ0) is 84.5. The highest BCUT2D eigenvalue weighted by molar-refractivity contribution is 6.13. The maximum atomic E-state index is 13.8. The standard InChI is InChI=1S/C81H118N10O27/c1-4-5-9-67-89-73-74(61-16-15-59(80(102)105-3)50-63(61)88-78(73)82)91(67)53-57-12-10-56(11-13-57)52-85-81(103)117-55-58-14-17-65(118-66-51-60(54-92)75(98)77(100)76(66)99)64(49-58)87-69(94)20-24-84-79(101)62(86-70(95)21-25-90-71(96)18-19-72(90)97)8-6-7-23-83-68(93)22-26-106-29-30-108-33-34-110-37-38-112-41-42-114-45-46-116-48-47-115-44-43-113-40-39-111-36-35-109-32-31-107-28-27-104-2/h10-19,49-50,60,62,66,75-77,92,98-100H,4-9,20-48,51-55H2,1-3H3,(H2,82,88)(H,83,93)(H,84,101)(H,85,103)(H,86,95)(H,87,94)/t60-,62+,66+,75-,76-,77+/m1/s1. The van der Waals surface area contributed by atoms with E-state index < -0.39 is 84.6 Å². The molecule has 0 unspecified atom stereocenters. The highest BCUT2D eigenvalue weighted by Gasteiger charge is 2.44. The number of hydrogen-bond acceptors (Lipinski definition) is 30. The summed E-state index contributed by atoms with van der Waals surface area (Å²) in [6.07, 6.45) is -1.76. The van der Waals surface area contributed by atoms with Crippen molar-refractivity contribution >= 4 is 80.9 Å². The third-order valence-corrected chi connectivity index (χ3v) is 18.7. The number of pyridine rings is 1. The molecule has 6 atom stereocenters. The first-order chi connectivity index (χ1) is 57.4. The van der Waals surface area contributed by atoms with E-state index >= 15 is 0 Å². The maximum absolute atomic E-state index is 13.8. The average molecular weight is 1660 g/mol. The van der Waals surface area contributed by atoms with Crippen LogP contribution in [-0.4, -0.2) is 310 Å². The lowest BCUT2D eigenvalue weighted by atomic mass is 9.81. The Morgan fingerprint density at radius 2 is 1.14 bits per heavy atom. The zero-order valence-corrected chi connectivity index (χ0v) is 67.7. The molecular formula is C81H118N10O27. The number of imidazole rings is 1. The number of alkyl carbamates (subject to hydrolysis) is 1. The molecule has 0 bridgehead atoms. The van der Waals surface area contributed by atoms with Gasteiger partial charge in [0.05, 0.1) is 187 Å². The number of carbonyl (C=O) groups is 8. The third-order valence-electron chi connectivity index (χ3n) is 18.7. The summed E-state index contributed by atoms with van der Waals surface area (Å²) < 4.78 is 84.1. The van der Waals surface area contributed by atoms with E-state index in [1.54, 1.807) is 25.3 Å². The Morgan fingerprint density at radius 3 is 1.69 bits per heavy atom. The van der Waals surface area contributed by atoms with Gasteiger partial charge in [-0.15, -0.1) is 0 Å². The predicted octanol–water partition coefficient (Wildman–Crippen LogP) is 2.36. The van der Waals surface area contributed by atoms with E-state index in [4.69, 9.17) is 81.8 Å². The second kappa shape index (κ2) is 55.7. The molecule has 0 saturated heterocycles. The SMILES string of the molecule is CCCCc1nc2c(N)nc3cc(C(=O)OC)ccc3c2n1Cc1ccc(CNC(=O)OCc2ccc(O[C@H]3C[C@H](CO)[C@@H](O)[C@H](O)[C@@H]3O)c(NC(=O)CCNC(=O)[C@H](CCCCNC(=O)CCOCCOCCOCCOCCOCCOCCOCCOCCOCCOCCOCCOC)NC(=O)CCN3C(=O)C=CC3=O)c2)cc1. The summed E-state index contributed by atoms with van der Waals surface area (Å²) in [5, 5.41) is 56.6. The molecule has 118 heavy (non-hydrogen) atoms. The second-order valence-corrected chi connectivity index (χ2v) is 27.5. The van der Waals surface area contributed by atoms with Crippen LogP contribution in [0.1, 0.15) is 97.6 Å². The number of nitrogens with zero attached hydrogens (tertiary/aromatic N) is 4. The number of ether oxygens (including phenoxy) is 15. The lowest BCUT2D eigenvalue weighted by molar-refractivity contribution is -0.156. The second-order valence-electron chi connectivity index (χ2n) is 27.5. The minimum absolute atomic E-state index is 0.00483. The van der Waals surface area contributed by atoms with Crippen LogP contribution in [0.25, 0.3) is 21.9 Å². The normalized spacial score (nSPS) is 16.2.